The molecule has 0 aliphatic carbocycles. The normalized spacial score (nSPS) is 20.3. The highest BCUT2D eigenvalue weighted by atomic mass is 16.5. The standard InChI is InChI=1S/C24H29N3O4/c1-18(26-13-15-27(16-14-26)24(29)22-8-5-17-30-22)23(28)25-19-9-11-21(12-10-19)31-20-6-3-2-4-7-20/h2-4,6-7,9-12,18,22H,5,8,13-17H2,1H3,(H,25,28)/t18-,22-/m0/s1. The van der Waals surface area contributed by atoms with Gasteiger partial charge in [0.1, 0.15) is 17.6 Å². The number of nitrogens with zero attached hydrogens (tertiary/aromatic N) is 2. The Morgan fingerprint density at radius 2 is 1.68 bits per heavy atom. The molecule has 0 aromatic heterocycles. The fraction of sp³-hybridized carbons (Fsp3) is 0.417. The topological polar surface area (TPSA) is 71.1 Å². The van der Waals surface area contributed by atoms with E-state index < -0.39 is 0 Å². The maximum Gasteiger partial charge on any atom is 0.251 e. The number of ether oxygens (including phenoxy) is 2. The molecule has 0 unspecified atom stereocenters. The lowest BCUT2D eigenvalue weighted by Gasteiger charge is -2.38. The summed E-state index contributed by atoms with van der Waals surface area (Å²) in [5, 5.41) is 2.97. The van der Waals surface area contributed by atoms with Crippen molar-refractivity contribution >= 4 is 17.5 Å². The number of hydrogen-bond acceptors (Lipinski definition) is 5. The van der Waals surface area contributed by atoms with Crippen molar-refractivity contribution in [1.82, 2.24) is 9.80 Å². The molecule has 4 rings (SSSR count). The van der Waals surface area contributed by atoms with Crippen LogP contribution in [-0.4, -0.2) is 66.5 Å². The van der Waals surface area contributed by atoms with Crippen LogP contribution >= 0.6 is 0 Å². The molecule has 2 atom stereocenters. The van der Waals surface area contributed by atoms with Gasteiger partial charge in [-0.3, -0.25) is 14.5 Å². The van der Waals surface area contributed by atoms with Gasteiger partial charge >= 0.3 is 0 Å². The number of carbonyl (C=O) groups is 2. The van der Waals surface area contributed by atoms with E-state index in [0.29, 0.717) is 38.5 Å². The van der Waals surface area contributed by atoms with E-state index in [0.717, 1.165) is 24.3 Å². The minimum Gasteiger partial charge on any atom is -0.457 e. The third kappa shape index (κ3) is 5.42. The summed E-state index contributed by atoms with van der Waals surface area (Å²) in [7, 11) is 0. The number of benzene rings is 2. The highest BCUT2D eigenvalue weighted by Gasteiger charge is 2.32. The van der Waals surface area contributed by atoms with Crippen LogP contribution in [0.3, 0.4) is 0 Å². The van der Waals surface area contributed by atoms with E-state index in [9.17, 15) is 9.59 Å². The fourth-order valence-electron chi connectivity index (χ4n) is 3.95. The van der Waals surface area contributed by atoms with Gasteiger partial charge in [0.15, 0.2) is 0 Å². The van der Waals surface area contributed by atoms with Crippen LogP contribution in [0.2, 0.25) is 0 Å². The second-order valence-electron chi connectivity index (χ2n) is 7.97. The number of carbonyl (C=O) groups excluding carboxylic acids is 2. The van der Waals surface area contributed by atoms with Gasteiger partial charge in [0.05, 0.1) is 6.04 Å². The molecule has 2 aliphatic heterocycles. The number of anilines is 1. The summed E-state index contributed by atoms with van der Waals surface area (Å²) < 4.78 is 11.3. The molecule has 7 nitrogen and oxygen atoms in total. The Morgan fingerprint density at radius 3 is 2.32 bits per heavy atom. The highest BCUT2D eigenvalue weighted by Crippen LogP contribution is 2.23. The molecule has 2 aromatic rings. The molecule has 2 fully saturated rings. The average molecular weight is 424 g/mol. The Bertz CT molecular complexity index is 873. The van der Waals surface area contributed by atoms with Crippen LogP contribution in [0.25, 0.3) is 0 Å². The zero-order valence-corrected chi connectivity index (χ0v) is 17.8. The van der Waals surface area contributed by atoms with Crippen molar-refractivity contribution in [3.05, 3.63) is 54.6 Å². The van der Waals surface area contributed by atoms with Crippen LogP contribution in [0.15, 0.2) is 54.6 Å². The molecule has 0 spiro atoms. The summed E-state index contributed by atoms with van der Waals surface area (Å²) in [6, 6.07) is 16.6. The number of para-hydroxylation sites is 1. The quantitative estimate of drug-likeness (QED) is 0.773. The van der Waals surface area contributed by atoms with Crippen LogP contribution < -0.4 is 10.1 Å². The molecular weight excluding hydrogens is 394 g/mol. The summed E-state index contributed by atoms with van der Waals surface area (Å²) in [6.07, 6.45) is 1.49. The van der Waals surface area contributed by atoms with E-state index in [2.05, 4.69) is 10.2 Å². The van der Waals surface area contributed by atoms with Gasteiger partial charge in [-0.15, -0.1) is 0 Å². The van der Waals surface area contributed by atoms with Crippen molar-refractivity contribution in [2.24, 2.45) is 0 Å². The number of hydrogen-bond donors (Lipinski definition) is 1. The first-order valence-corrected chi connectivity index (χ1v) is 10.9. The zero-order chi connectivity index (χ0) is 21.6. The fourth-order valence-corrected chi connectivity index (χ4v) is 3.95. The van der Waals surface area contributed by atoms with E-state index in [4.69, 9.17) is 9.47 Å². The van der Waals surface area contributed by atoms with Gasteiger partial charge in [0.2, 0.25) is 5.91 Å². The monoisotopic (exact) mass is 423 g/mol. The van der Waals surface area contributed by atoms with Crippen LogP contribution in [0.5, 0.6) is 11.5 Å². The first kappa shape index (κ1) is 21.3. The smallest absolute Gasteiger partial charge is 0.251 e. The lowest BCUT2D eigenvalue weighted by molar-refractivity contribution is -0.143. The Kier molecular flexibility index (Phi) is 6.84. The Balaban J connectivity index is 1.25. The summed E-state index contributed by atoms with van der Waals surface area (Å²) in [4.78, 5) is 29.2. The Labute approximate surface area is 182 Å². The minimum atomic E-state index is -0.278. The van der Waals surface area contributed by atoms with E-state index in [1.165, 1.54) is 0 Å². The van der Waals surface area contributed by atoms with Gasteiger partial charge in [0.25, 0.3) is 5.91 Å². The third-order valence-corrected chi connectivity index (χ3v) is 5.86. The molecule has 31 heavy (non-hydrogen) atoms. The van der Waals surface area contributed by atoms with Gasteiger partial charge in [-0.1, -0.05) is 18.2 Å². The van der Waals surface area contributed by atoms with E-state index >= 15 is 0 Å². The lowest BCUT2D eigenvalue weighted by atomic mass is 10.1. The van der Waals surface area contributed by atoms with Crippen molar-refractivity contribution in [3.8, 4) is 11.5 Å². The molecule has 0 radical (unpaired) electrons. The summed E-state index contributed by atoms with van der Waals surface area (Å²) in [5.74, 6) is 1.51. The van der Waals surface area contributed by atoms with E-state index in [1.54, 1.807) is 0 Å². The third-order valence-electron chi connectivity index (χ3n) is 5.86. The average Bonchev–Trinajstić information content (AvgIpc) is 3.35. The van der Waals surface area contributed by atoms with Gasteiger partial charge in [-0.05, 0) is 56.2 Å². The second-order valence-corrected chi connectivity index (χ2v) is 7.97. The molecule has 1 N–H and O–H groups in total. The van der Waals surface area contributed by atoms with Crippen LogP contribution in [-0.2, 0) is 14.3 Å². The highest BCUT2D eigenvalue weighted by molar-refractivity contribution is 5.94. The number of piperazine rings is 1. The molecule has 164 valence electrons. The molecule has 0 bridgehead atoms. The molecule has 2 aromatic carbocycles. The van der Waals surface area contributed by atoms with Crippen molar-refractivity contribution < 1.29 is 19.1 Å². The van der Waals surface area contributed by atoms with E-state index in [-0.39, 0.29) is 24.0 Å². The maximum absolute atomic E-state index is 12.7. The second kappa shape index (κ2) is 9.94. The van der Waals surface area contributed by atoms with Crippen molar-refractivity contribution in [2.45, 2.75) is 31.9 Å². The summed E-state index contributed by atoms with van der Waals surface area (Å²) in [6.45, 7) is 5.18. The first-order chi connectivity index (χ1) is 15.1. The van der Waals surface area contributed by atoms with Gasteiger partial charge in [-0.2, -0.15) is 0 Å². The number of amides is 2. The molecule has 2 saturated heterocycles. The van der Waals surface area contributed by atoms with Gasteiger partial charge < -0.3 is 19.7 Å². The number of nitrogens with one attached hydrogen (secondary N) is 1. The minimum absolute atomic E-state index is 0.0596. The van der Waals surface area contributed by atoms with Gasteiger partial charge in [0, 0.05) is 38.5 Å². The summed E-state index contributed by atoms with van der Waals surface area (Å²) in [5.41, 5.74) is 0.726. The molecule has 2 heterocycles. The lowest BCUT2D eigenvalue weighted by Crippen LogP contribution is -2.55. The molecule has 0 saturated carbocycles. The largest absolute Gasteiger partial charge is 0.457 e. The van der Waals surface area contributed by atoms with Crippen molar-refractivity contribution in [2.75, 3.05) is 38.1 Å². The molecular formula is C24H29N3O4. The van der Waals surface area contributed by atoms with Crippen LogP contribution in [0.1, 0.15) is 19.8 Å². The number of rotatable bonds is 6. The van der Waals surface area contributed by atoms with E-state index in [1.807, 2.05) is 66.4 Å². The van der Waals surface area contributed by atoms with Gasteiger partial charge in [-0.25, -0.2) is 0 Å². The first-order valence-electron chi connectivity index (χ1n) is 10.9. The van der Waals surface area contributed by atoms with Crippen molar-refractivity contribution in [1.29, 1.82) is 0 Å². The SMILES string of the molecule is C[C@@H](C(=O)Nc1ccc(Oc2ccccc2)cc1)N1CCN(C(=O)[C@@H]2CCCO2)CC1. The Hall–Kier alpha value is -2.90. The molecule has 2 amide bonds. The predicted octanol–water partition coefficient (Wildman–Crippen LogP) is 3.13. The van der Waals surface area contributed by atoms with Crippen molar-refractivity contribution in [3.63, 3.8) is 0 Å². The maximum atomic E-state index is 12.7. The summed E-state index contributed by atoms with van der Waals surface area (Å²) >= 11 is 0. The molecule has 7 heteroatoms. The zero-order valence-electron chi connectivity index (χ0n) is 17.8. The Morgan fingerprint density at radius 1 is 1.00 bits per heavy atom. The molecule has 2 aliphatic rings. The van der Waals surface area contributed by atoms with Crippen LogP contribution in [0.4, 0.5) is 5.69 Å². The predicted molar refractivity (Wildman–Crippen MR) is 118 cm³/mol. The van der Waals surface area contributed by atoms with Crippen LogP contribution in [0, 0.1) is 0 Å².